The van der Waals surface area contributed by atoms with Crippen LogP contribution in [0.25, 0.3) is 11.4 Å². The lowest BCUT2D eigenvalue weighted by molar-refractivity contribution is 1.32. The van der Waals surface area contributed by atoms with Gasteiger partial charge in [0.2, 0.25) is 5.13 Å². The molecule has 3 nitrogen and oxygen atoms in total. The van der Waals surface area contributed by atoms with E-state index in [1.807, 2.05) is 54.6 Å². The van der Waals surface area contributed by atoms with Crippen LogP contribution in [0.5, 0.6) is 0 Å². The number of nitrogens with one attached hydrogen (secondary N) is 1. The fraction of sp³-hybridized carbons (Fsp3) is 0. The molecule has 5 heteroatoms. The number of hydrogen-bond acceptors (Lipinski definition) is 4. The summed E-state index contributed by atoms with van der Waals surface area (Å²) >= 11 is 7.18. The van der Waals surface area contributed by atoms with Crippen LogP contribution in [0, 0.1) is 0 Å². The van der Waals surface area contributed by atoms with Gasteiger partial charge in [-0.2, -0.15) is 9.36 Å². The van der Waals surface area contributed by atoms with Crippen molar-refractivity contribution in [3.05, 3.63) is 59.6 Å². The van der Waals surface area contributed by atoms with E-state index in [4.69, 9.17) is 11.6 Å². The predicted molar refractivity (Wildman–Crippen MR) is 80.1 cm³/mol. The van der Waals surface area contributed by atoms with Gasteiger partial charge in [0.15, 0.2) is 5.82 Å². The second-order valence-corrected chi connectivity index (χ2v) is 5.11. The van der Waals surface area contributed by atoms with E-state index in [2.05, 4.69) is 14.7 Å². The quantitative estimate of drug-likeness (QED) is 0.765. The highest BCUT2D eigenvalue weighted by molar-refractivity contribution is 7.09. The summed E-state index contributed by atoms with van der Waals surface area (Å²) in [6.45, 7) is 0. The third-order valence-electron chi connectivity index (χ3n) is 2.55. The van der Waals surface area contributed by atoms with Crippen molar-refractivity contribution >= 4 is 34.0 Å². The molecule has 1 N–H and O–H groups in total. The molecule has 0 aliphatic heterocycles. The smallest absolute Gasteiger partial charge is 0.207 e. The summed E-state index contributed by atoms with van der Waals surface area (Å²) in [5.74, 6) is 0.738. The molecule has 19 heavy (non-hydrogen) atoms. The minimum atomic E-state index is 0.716. The van der Waals surface area contributed by atoms with Gasteiger partial charge in [0.05, 0.1) is 0 Å². The highest BCUT2D eigenvalue weighted by Gasteiger charge is 2.06. The molecule has 1 aromatic heterocycles. The molecule has 0 aliphatic rings. The van der Waals surface area contributed by atoms with Gasteiger partial charge in [-0.25, -0.2) is 0 Å². The molecular weight excluding hydrogens is 278 g/mol. The number of halogens is 1. The average molecular weight is 288 g/mol. The third-order valence-corrected chi connectivity index (χ3v) is 3.44. The van der Waals surface area contributed by atoms with E-state index in [0.29, 0.717) is 5.02 Å². The first-order chi connectivity index (χ1) is 9.31. The van der Waals surface area contributed by atoms with Crippen LogP contribution in [0.3, 0.4) is 0 Å². The molecule has 0 atom stereocenters. The van der Waals surface area contributed by atoms with Crippen LogP contribution in [-0.4, -0.2) is 9.36 Å². The Balaban J connectivity index is 1.80. The van der Waals surface area contributed by atoms with E-state index in [-0.39, 0.29) is 0 Å². The zero-order valence-corrected chi connectivity index (χ0v) is 11.4. The van der Waals surface area contributed by atoms with E-state index >= 15 is 0 Å². The Morgan fingerprint density at radius 2 is 1.68 bits per heavy atom. The lowest BCUT2D eigenvalue weighted by Crippen LogP contribution is -1.89. The van der Waals surface area contributed by atoms with Crippen molar-refractivity contribution in [1.29, 1.82) is 0 Å². The van der Waals surface area contributed by atoms with Crippen molar-refractivity contribution in [3.63, 3.8) is 0 Å². The maximum absolute atomic E-state index is 5.85. The van der Waals surface area contributed by atoms with Crippen molar-refractivity contribution in [2.24, 2.45) is 0 Å². The minimum absolute atomic E-state index is 0.716. The van der Waals surface area contributed by atoms with Crippen molar-refractivity contribution in [2.45, 2.75) is 0 Å². The Bertz CT molecular complexity index is 665. The molecule has 0 fully saturated rings. The topological polar surface area (TPSA) is 37.8 Å². The van der Waals surface area contributed by atoms with Crippen LogP contribution in [0.4, 0.5) is 10.8 Å². The lowest BCUT2D eigenvalue weighted by atomic mass is 10.2. The van der Waals surface area contributed by atoms with Crippen molar-refractivity contribution < 1.29 is 0 Å². The van der Waals surface area contributed by atoms with Gasteiger partial charge in [0, 0.05) is 27.8 Å². The number of hydrogen-bond donors (Lipinski definition) is 1. The van der Waals surface area contributed by atoms with Gasteiger partial charge in [-0.05, 0) is 24.3 Å². The van der Waals surface area contributed by atoms with Gasteiger partial charge < -0.3 is 5.32 Å². The summed E-state index contributed by atoms with van der Waals surface area (Å²) in [4.78, 5) is 4.46. The Morgan fingerprint density at radius 3 is 2.42 bits per heavy atom. The van der Waals surface area contributed by atoms with Crippen LogP contribution in [0.15, 0.2) is 54.6 Å². The number of nitrogens with zero attached hydrogens (tertiary/aromatic N) is 2. The first kappa shape index (κ1) is 12.1. The van der Waals surface area contributed by atoms with Crippen LogP contribution < -0.4 is 5.32 Å². The van der Waals surface area contributed by atoms with Gasteiger partial charge in [-0.1, -0.05) is 41.9 Å². The first-order valence-corrected chi connectivity index (χ1v) is 6.88. The summed E-state index contributed by atoms with van der Waals surface area (Å²) in [5, 5.41) is 4.69. The van der Waals surface area contributed by atoms with Crippen LogP contribution in [0.2, 0.25) is 5.02 Å². The fourth-order valence-corrected chi connectivity index (χ4v) is 2.37. The fourth-order valence-electron chi connectivity index (χ4n) is 1.64. The molecule has 0 aliphatic carbocycles. The zero-order chi connectivity index (χ0) is 13.1. The molecule has 3 rings (SSSR count). The molecule has 0 radical (unpaired) electrons. The summed E-state index contributed by atoms with van der Waals surface area (Å²) in [5.41, 5.74) is 1.96. The standard InChI is InChI=1S/C14H10ClN3S/c15-11-6-8-12(9-7-11)16-14-17-13(18-19-14)10-4-2-1-3-5-10/h1-9H,(H,16,17,18). The second-order valence-electron chi connectivity index (χ2n) is 3.92. The minimum Gasteiger partial charge on any atom is -0.330 e. The molecule has 1 heterocycles. The van der Waals surface area contributed by atoms with Gasteiger partial charge >= 0.3 is 0 Å². The van der Waals surface area contributed by atoms with Gasteiger partial charge in [-0.15, -0.1) is 0 Å². The molecule has 0 saturated carbocycles. The molecule has 0 unspecified atom stereocenters. The SMILES string of the molecule is Clc1ccc(Nc2nc(-c3ccccc3)ns2)cc1. The molecule has 3 aromatic rings. The predicted octanol–water partition coefficient (Wildman–Crippen LogP) is 4.60. The second kappa shape index (κ2) is 5.38. The molecule has 0 amide bonds. The Kier molecular flexibility index (Phi) is 3.44. The van der Waals surface area contributed by atoms with Crippen LogP contribution in [-0.2, 0) is 0 Å². The average Bonchev–Trinajstić information content (AvgIpc) is 2.91. The first-order valence-electron chi connectivity index (χ1n) is 5.73. The Hall–Kier alpha value is -1.91. The van der Waals surface area contributed by atoms with Gasteiger partial charge in [0.1, 0.15) is 0 Å². The van der Waals surface area contributed by atoms with E-state index in [0.717, 1.165) is 22.2 Å². The van der Waals surface area contributed by atoms with Crippen molar-refractivity contribution in [2.75, 3.05) is 5.32 Å². The number of anilines is 2. The monoisotopic (exact) mass is 287 g/mol. The lowest BCUT2D eigenvalue weighted by Gasteiger charge is -2.00. The number of rotatable bonds is 3. The summed E-state index contributed by atoms with van der Waals surface area (Å²) < 4.78 is 4.34. The highest BCUT2D eigenvalue weighted by Crippen LogP contribution is 2.24. The molecule has 0 spiro atoms. The molecule has 0 bridgehead atoms. The molecular formula is C14H10ClN3S. The molecule has 2 aromatic carbocycles. The van der Waals surface area contributed by atoms with Crippen LogP contribution >= 0.6 is 23.1 Å². The van der Waals surface area contributed by atoms with E-state index in [1.165, 1.54) is 11.5 Å². The van der Waals surface area contributed by atoms with Crippen molar-refractivity contribution in [1.82, 2.24) is 9.36 Å². The Morgan fingerprint density at radius 1 is 0.947 bits per heavy atom. The summed E-state index contributed by atoms with van der Waals surface area (Å²) in [6, 6.07) is 17.4. The summed E-state index contributed by atoms with van der Waals surface area (Å²) in [6.07, 6.45) is 0. The summed E-state index contributed by atoms with van der Waals surface area (Å²) in [7, 11) is 0. The van der Waals surface area contributed by atoms with Crippen LogP contribution in [0.1, 0.15) is 0 Å². The normalized spacial score (nSPS) is 10.4. The maximum atomic E-state index is 5.85. The third kappa shape index (κ3) is 2.92. The van der Waals surface area contributed by atoms with Gasteiger partial charge in [0.25, 0.3) is 0 Å². The largest absolute Gasteiger partial charge is 0.330 e. The van der Waals surface area contributed by atoms with E-state index < -0.39 is 0 Å². The maximum Gasteiger partial charge on any atom is 0.207 e. The number of benzene rings is 2. The Labute approximate surface area is 120 Å². The zero-order valence-electron chi connectivity index (χ0n) is 9.88. The van der Waals surface area contributed by atoms with Gasteiger partial charge in [-0.3, -0.25) is 0 Å². The van der Waals surface area contributed by atoms with E-state index in [1.54, 1.807) is 0 Å². The van der Waals surface area contributed by atoms with Crippen molar-refractivity contribution in [3.8, 4) is 11.4 Å². The molecule has 0 saturated heterocycles. The highest BCUT2D eigenvalue weighted by atomic mass is 35.5. The molecule has 94 valence electrons. The van der Waals surface area contributed by atoms with E-state index in [9.17, 15) is 0 Å². The number of aromatic nitrogens is 2.